The number of guanidine groups is 1. The molecular weight excluding hydrogens is 459 g/mol. The van der Waals surface area contributed by atoms with Gasteiger partial charge in [-0.05, 0) is 19.3 Å². The normalized spacial score (nSPS) is 23.4. The first-order chi connectivity index (χ1) is 11.6. The van der Waals surface area contributed by atoms with Crippen LogP contribution in [0.2, 0.25) is 0 Å². The lowest BCUT2D eigenvalue weighted by Crippen LogP contribution is -2.42. The zero-order valence-electron chi connectivity index (χ0n) is 14.9. The van der Waals surface area contributed by atoms with Crippen LogP contribution in [0, 0.1) is 5.92 Å². The van der Waals surface area contributed by atoms with E-state index in [1.54, 1.807) is 7.05 Å². The third-order valence-electron chi connectivity index (χ3n) is 4.22. The van der Waals surface area contributed by atoms with Gasteiger partial charge in [0.25, 0.3) is 0 Å². The fourth-order valence-electron chi connectivity index (χ4n) is 2.81. The molecule has 148 valence electrons. The van der Waals surface area contributed by atoms with Crippen molar-refractivity contribution in [3.8, 4) is 0 Å². The Morgan fingerprint density at radius 1 is 1.36 bits per heavy atom. The van der Waals surface area contributed by atoms with Crippen molar-refractivity contribution in [2.75, 3.05) is 65.4 Å². The molecule has 0 bridgehead atoms. The van der Waals surface area contributed by atoms with E-state index in [-0.39, 0.29) is 29.7 Å². The Hall–Kier alpha value is -0.170. The van der Waals surface area contributed by atoms with E-state index in [1.165, 1.54) is 4.31 Å². The van der Waals surface area contributed by atoms with Crippen LogP contribution < -0.4 is 10.6 Å². The van der Waals surface area contributed by atoms with Gasteiger partial charge in [-0.2, -0.15) is 0 Å². The molecule has 0 aromatic rings. The Labute approximate surface area is 168 Å². The van der Waals surface area contributed by atoms with Crippen molar-refractivity contribution in [3.05, 3.63) is 0 Å². The molecule has 2 aliphatic rings. The molecule has 0 aromatic heterocycles. The number of sulfonamides is 1. The third-order valence-corrected chi connectivity index (χ3v) is 6.17. The molecule has 0 radical (unpaired) electrons. The van der Waals surface area contributed by atoms with E-state index in [0.717, 1.165) is 45.6 Å². The fraction of sp³-hybridized carbons (Fsp3) is 0.933. The summed E-state index contributed by atoms with van der Waals surface area (Å²) in [4.78, 5) is 4.14. The maximum Gasteiger partial charge on any atom is 0.214 e. The number of hydrogen-bond acceptors (Lipinski definition) is 5. The number of rotatable bonds is 9. The van der Waals surface area contributed by atoms with Crippen molar-refractivity contribution in [1.82, 2.24) is 14.9 Å². The second kappa shape index (κ2) is 12.3. The predicted molar refractivity (Wildman–Crippen MR) is 109 cm³/mol. The molecule has 0 saturated carbocycles. The Morgan fingerprint density at radius 2 is 2.16 bits per heavy atom. The molecule has 2 rings (SSSR count). The van der Waals surface area contributed by atoms with E-state index in [2.05, 4.69) is 15.6 Å². The molecule has 2 aliphatic heterocycles. The summed E-state index contributed by atoms with van der Waals surface area (Å²) in [5.41, 5.74) is 0. The number of aliphatic imine (C=N–C) groups is 1. The first kappa shape index (κ1) is 22.9. The summed E-state index contributed by atoms with van der Waals surface area (Å²) < 4.78 is 35.9. The molecule has 10 heteroatoms. The minimum atomic E-state index is -3.02. The van der Waals surface area contributed by atoms with Crippen molar-refractivity contribution in [2.45, 2.75) is 19.3 Å². The van der Waals surface area contributed by atoms with Crippen LogP contribution in [-0.4, -0.2) is 84.1 Å². The van der Waals surface area contributed by atoms with Crippen molar-refractivity contribution >= 4 is 40.0 Å². The Balaban J connectivity index is 0.00000312. The lowest BCUT2D eigenvalue weighted by molar-refractivity contribution is 0.0888. The second-order valence-electron chi connectivity index (χ2n) is 6.15. The van der Waals surface area contributed by atoms with E-state index >= 15 is 0 Å². The summed E-state index contributed by atoms with van der Waals surface area (Å²) in [6.07, 6.45) is 2.72. The molecule has 2 N–H and O–H groups in total. The zero-order valence-corrected chi connectivity index (χ0v) is 18.1. The van der Waals surface area contributed by atoms with Gasteiger partial charge in [-0.3, -0.25) is 4.99 Å². The van der Waals surface area contributed by atoms with Crippen LogP contribution in [-0.2, 0) is 19.5 Å². The molecule has 0 aliphatic carbocycles. The fourth-order valence-corrected chi connectivity index (χ4v) is 4.34. The van der Waals surface area contributed by atoms with Crippen LogP contribution >= 0.6 is 24.0 Å². The molecule has 2 heterocycles. The van der Waals surface area contributed by atoms with Crippen LogP contribution in [0.5, 0.6) is 0 Å². The molecule has 2 fully saturated rings. The van der Waals surface area contributed by atoms with E-state index < -0.39 is 10.0 Å². The summed E-state index contributed by atoms with van der Waals surface area (Å²) in [6, 6.07) is 0. The highest BCUT2D eigenvalue weighted by Crippen LogP contribution is 2.12. The zero-order chi connectivity index (χ0) is 17.3. The Bertz CT molecular complexity index is 498. The SMILES string of the molecule is CN=C(NCCCOCC1CCOC1)NCCN1CCCS1(=O)=O.I. The maximum atomic E-state index is 11.7. The second-order valence-corrected chi connectivity index (χ2v) is 8.24. The lowest BCUT2D eigenvalue weighted by Gasteiger charge is -2.16. The minimum Gasteiger partial charge on any atom is -0.381 e. The van der Waals surface area contributed by atoms with Crippen LogP contribution in [0.25, 0.3) is 0 Å². The molecule has 8 nitrogen and oxygen atoms in total. The first-order valence-corrected chi connectivity index (χ1v) is 10.3. The molecule has 0 spiro atoms. The highest BCUT2D eigenvalue weighted by Gasteiger charge is 2.27. The van der Waals surface area contributed by atoms with Gasteiger partial charge in [-0.1, -0.05) is 0 Å². The van der Waals surface area contributed by atoms with Crippen LogP contribution in [0.3, 0.4) is 0 Å². The van der Waals surface area contributed by atoms with Gasteiger partial charge in [0.1, 0.15) is 0 Å². The van der Waals surface area contributed by atoms with Crippen molar-refractivity contribution < 1.29 is 17.9 Å². The van der Waals surface area contributed by atoms with Crippen LogP contribution in [0.4, 0.5) is 0 Å². The highest BCUT2D eigenvalue weighted by atomic mass is 127. The Morgan fingerprint density at radius 3 is 2.80 bits per heavy atom. The smallest absolute Gasteiger partial charge is 0.214 e. The van der Waals surface area contributed by atoms with E-state index in [1.807, 2.05) is 0 Å². The molecule has 1 atom stereocenters. The van der Waals surface area contributed by atoms with Crippen LogP contribution in [0.15, 0.2) is 4.99 Å². The summed E-state index contributed by atoms with van der Waals surface area (Å²) in [7, 11) is -1.31. The molecule has 2 saturated heterocycles. The number of halogens is 1. The maximum absolute atomic E-state index is 11.7. The summed E-state index contributed by atoms with van der Waals surface area (Å²) >= 11 is 0. The molecule has 0 aromatic carbocycles. The average molecular weight is 490 g/mol. The topological polar surface area (TPSA) is 92.3 Å². The molecule has 25 heavy (non-hydrogen) atoms. The van der Waals surface area contributed by atoms with E-state index in [0.29, 0.717) is 38.1 Å². The van der Waals surface area contributed by atoms with Gasteiger partial charge in [-0.15, -0.1) is 24.0 Å². The Kier molecular flexibility index (Phi) is 11.2. The standard InChI is InChI=1S/C15H30N4O4S.HI/c1-16-15(18-6-8-19-7-3-11-24(19,20)21)17-5-2-9-22-12-14-4-10-23-13-14;/h14H,2-13H2,1H3,(H2,16,17,18);1H. The van der Waals surface area contributed by atoms with Gasteiger partial charge in [0.2, 0.25) is 10.0 Å². The summed E-state index contributed by atoms with van der Waals surface area (Å²) in [6.45, 7) is 5.59. The van der Waals surface area contributed by atoms with Gasteiger partial charge < -0.3 is 20.1 Å². The van der Waals surface area contributed by atoms with Crippen LogP contribution in [0.1, 0.15) is 19.3 Å². The molecule has 1 unspecified atom stereocenters. The first-order valence-electron chi connectivity index (χ1n) is 8.69. The summed E-state index contributed by atoms with van der Waals surface area (Å²) in [5.74, 6) is 1.51. The lowest BCUT2D eigenvalue weighted by atomic mass is 10.1. The minimum absolute atomic E-state index is 0. The van der Waals surface area contributed by atoms with Gasteiger partial charge >= 0.3 is 0 Å². The van der Waals surface area contributed by atoms with Gasteiger partial charge in [-0.25, -0.2) is 12.7 Å². The average Bonchev–Trinajstić information content (AvgIpc) is 3.18. The number of nitrogens with zero attached hydrogens (tertiary/aromatic N) is 2. The van der Waals surface area contributed by atoms with Gasteiger partial charge in [0, 0.05) is 52.4 Å². The van der Waals surface area contributed by atoms with Crippen molar-refractivity contribution in [2.24, 2.45) is 10.9 Å². The molecule has 0 amide bonds. The van der Waals surface area contributed by atoms with Crippen molar-refractivity contribution in [1.29, 1.82) is 0 Å². The quantitative estimate of drug-likeness (QED) is 0.208. The van der Waals surface area contributed by atoms with Crippen molar-refractivity contribution in [3.63, 3.8) is 0 Å². The monoisotopic (exact) mass is 490 g/mol. The largest absolute Gasteiger partial charge is 0.381 e. The molecular formula is C15H31IN4O4S. The highest BCUT2D eigenvalue weighted by molar-refractivity contribution is 14.0. The van der Waals surface area contributed by atoms with Gasteiger partial charge in [0.05, 0.1) is 19.0 Å². The predicted octanol–water partition coefficient (Wildman–Crippen LogP) is 0.248. The van der Waals surface area contributed by atoms with Gasteiger partial charge in [0.15, 0.2) is 5.96 Å². The number of hydrogen-bond donors (Lipinski definition) is 2. The van der Waals surface area contributed by atoms with E-state index in [4.69, 9.17) is 9.47 Å². The van der Waals surface area contributed by atoms with E-state index in [9.17, 15) is 8.42 Å². The third kappa shape index (κ3) is 8.37. The number of nitrogens with one attached hydrogen (secondary N) is 2. The summed E-state index contributed by atoms with van der Waals surface area (Å²) in [5, 5.41) is 6.36. The number of ether oxygens (including phenoxy) is 2.